The highest BCUT2D eigenvalue weighted by atomic mass is 15.2. The van der Waals surface area contributed by atoms with E-state index in [1.165, 1.54) is 37.7 Å². The first-order valence-electron chi connectivity index (χ1n) is 6.80. The number of rotatable bonds is 4. The molecule has 1 aliphatic rings. The second-order valence-electron chi connectivity index (χ2n) is 5.12. The molecule has 2 nitrogen and oxygen atoms in total. The van der Waals surface area contributed by atoms with Gasteiger partial charge in [0.05, 0.1) is 0 Å². The van der Waals surface area contributed by atoms with Gasteiger partial charge in [-0.1, -0.05) is 49.6 Å². The summed E-state index contributed by atoms with van der Waals surface area (Å²) in [5, 5.41) is 0. The van der Waals surface area contributed by atoms with Gasteiger partial charge in [-0.05, 0) is 25.5 Å². The van der Waals surface area contributed by atoms with Crippen LogP contribution in [0.5, 0.6) is 0 Å². The molecule has 0 saturated heterocycles. The first-order valence-corrected chi connectivity index (χ1v) is 6.80. The van der Waals surface area contributed by atoms with Crippen LogP contribution in [0.4, 0.5) is 0 Å². The first-order chi connectivity index (χ1) is 8.33. The minimum atomic E-state index is 0.374. The van der Waals surface area contributed by atoms with Crippen molar-refractivity contribution in [1.82, 2.24) is 4.90 Å². The van der Waals surface area contributed by atoms with Gasteiger partial charge in [0.15, 0.2) is 0 Å². The normalized spacial score (nSPS) is 19.5. The fourth-order valence-electron chi connectivity index (χ4n) is 2.96. The third-order valence-electron chi connectivity index (χ3n) is 4.05. The maximum atomic E-state index is 5.97. The molecule has 1 aliphatic carbocycles. The predicted molar refractivity (Wildman–Crippen MR) is 72.9 cm³/mol. The summed E-state index contributed by atoms with van der Waals surface area (Å²) in [5.41, 5.74) is 7.32. The van der Waals surface area contributed by atoms with E-state index in [0.717, 1.165) is 6.04 Å². The zero-order valence-electron chi connectivity index (χ0n) is 10.8. The molecule has 1 aromatic rings. The molecule has 0 heterocycles. The number of hydrogen-bond donors (Lipinski definition) is 1. The summed E-state index contributed by atoms with van der Waals surface area (Å²) in [6, 6.07) is 11.8. The molecule has 1 unspecified atom stereocenters. The van der Waals surface area contributed by atoms with Crippen molar-refractivity contribution < 1.29 is 0 Å². The Morgan fingerprint density at radius 3 is 2.41 bits per heavy atom. The second-order valence-corrected chi connectivity index (χ2v) is 5.12. The van der Waals surface area contributed by atoms with Crippen molar-refractivity contribution in [3.05, 3.63) is 35.9 Å². The minimum absolute atomic E-state index is 0.374. The lowest BCUT2D eigenvalue weighted by Crippen LogP contribution is -2.39. The van der Waals surface area contributed by atoms with Crippen LogP contribution in [0.3, 0.4) is 0 Å². The van der Waals surface area contributed by atoms with E-state index in [4.69, 9.17) is 5.73 Å². The van der Waals surface area contributed by atoms with E-state index in [-0.39, 0.29) is 0 Å². The van der Waals surface area contributed by atoms with Crippen molar-refractivity contribution >= 4 is 0 Å². The summed E-state index contributed by atoms with van der Waals surface area (Å²) in [4.78, 5) is 2.49. The number of nitrogens with two attached hydrogens (primary N) is 1. The molecule has 2 rings (SSSR count). The van der Waals surface area contributed by atoms with Crippen LogP contribution in [0.2, 0.25) is 0 Å². The van der Waals surface area contributed by atoms with Crippen molar-refractivity contribution in [2.45, 2.75) is 44.2 Å². The summed E-state index contributed by atoms with van der Waals surface area (Å²) in [7, 11) is 2.24. The Balaban J connectivity index is 2.07. The highest BCUT2D eigenvalue weighted by Gasteiger charge is 2.24. The van der Waals surface area contributed by atoms with Gasteiger partial charge in [-0.2, -0.15) is 0 Å². The molecule has 0 spiro atoms. The molecule has 1 saturated carbocycles. The first kappa shape index (κ1) is 12.6. The highest BCUT2D eigenvalue weighted by molar-refractivity contribution is 5.19. The van der Waals surface area contributed by atoms with Crippen molar-refractivity contribution in [3.8, 4) is 0 Å². The summed E-state index contributed by atoms with van der Waals surface area (Å²) >= 11 is 0. The van der Waals surface area contributed by atoms with E-state index in [2.05, 4.69) is 42.3 Å². The number of likely N-dealkylation sites (N-methyl/N-ethyl adjacent to an activating group) is 1. The monoisotopic (exact) mass is 232 g/mol. The SMILES string of the molecule is CN(C1CCCCC1)C(CN)c1ccccc1. The second kappa shape index (κ2) is 6.18. The van der Waals surface area contributed by atoms with Crippen LogP contribution in [0, 0.1) is 0 Å². The minimum Gasteiger partial charge on any atom is -0.329 e. The quantitative estimate of drug-likeness (QED) is 0.865. The largest absolute Gasteiger partial charge is 0.329 e. The Hall–Kier alpha value is -0.860. The third-order valence-corrected chi connectivity index (χ3v) is 4.05. The number of nitrogens with zero attached hydrogens (tertiary/aromatic N) is 1. The zero-order chi connectivity index (χ0) is 12.1. The van der Waals surface area contributed by atoms with Gasteiger partial charge in [0.1, 0.15) is 0 Å². The summed E-state index contributed by atoms with van der Waals surface area (Å²) in [6.07, 6.45) is 6.82. The van der Waals surface area contributed by atoms with Crippen LogP contribution in [-0.2, 0) is 0 Å². The van der Waals surface area contributed by atoms with Crippen LogP contribution in [0.1, 0.15) is 43.7 Å². The molecular formula is C15H24N2. The van der Waals surface area contributed by atoms with Crippen LogP contribution in [0.25, 0.3) is 0 Å². The average molecular weight is 232 g/mol. The Morgan fingerprint density at radius 2 is 1.82 bits per heavy atom. The lowest BCUT2D eigenvalue weighted by Gasteiger charge is -2.37. The van der Waals surface area contributed by atoms with Gasteiger partial charge in [-0.25, -0.2) is 0 Å². The van der Waals surface area contributed by atoms with Crippen LogP contribution in [0.15, 0.2) is 30.3 Å². The number of hydrogen-bond acceptors (Lipinski definition) is 2. The molecule has 17 heavy (non-hydrogen) atoms. The van der Waals surface area contributed by atoms with E-state index in [0.29, 0.717) is 12.6 Å². The Kier molecular flexibility index (Phi) is 4.57. The smallest absolute Gasteiger partial charge is 0.0470 e. The maximum absolute atomic E-state index is 5.97. The molecule has 1 fully saturated rings. The van der Waals surface area contributed by atoms with Crippen molar-refractivity contribution in [1.29, 1.82) is 0 Å². The fourth-order valence-corrected chi connectivity index (χ4v) is 2.96. The van der Waals surface area contributed by atoms with Crippen LogP contribution < -0.4 is 5.73 Å². The average Bonchev–Trinajstić information content (AvgIpc) is 2.42. The molecule has 0 bridgehead atoms. The molecule has 0 aliphatic heterocycles. The molecule has 0 amide bonds. The molecule has 1 aromatic carbocycles. The van der Waals surface area contributed by atoms with E-state index >= 15 is 0 Å². The van der Waals surface area contributed by atoms with Crippen molar-refractivity contribution in [3.63, 3.8) is 0 Å². The fraction of sp³-hybridized carbons (Fsp3) is 0.600. The van der Waals surface area contributed by atoms with Gasteiger partial charge in [0.2, 0.25) is 0 Å². The van der Waals surface area contributed by atoms with Crippen LogP contribution >= 0.6 is 0 Å². The third kappa shape index (κ3) is 3.08. The molecule has 2 heteroatoms. The summed E-state index contributed by atoms with van der Waals surface area (Å²) < 4.78 is 0. The van der Waals surface area contributed by atoms with E-state index in [1.807, 2.05) is 0 Å². The van der Waals surface area contributed by atoms with E-state index < -0.39 is 0 Å². The molecule has 94 valence electrons. The molecule has 1 atom stereocenters. The van der Waals surface area contributed by atoms with Crippen molar-refractivity contribution in [2.75, 3.05) is 13.6 Å². The Labute approximate surface area is 105 Å². The lowest BCUT2D eigenvalue weighted by molar-refractivity contribution is 0.141. The van der Waals surface area contributed by atoms with Gasteiger partial charge in [0, 0.05) is 18.6 Å². The molecule has 2 N–H and O–H groups in total. The zero-order valence-corrected chi connectivity index (χ0v) is 10.8. The van der Waals surface area contributed by atoms with E-state index in [1.54, 1.807) is 0 Å². The van der Waals surface area contributed by atoms with Crippen molar-refractivity contribution in [2.24, 2.45) is 5.73 Å². The van der Waals surface area contributed by atoms with Gasteiger partial charge in [-0.15, -0.1) is 0 Å². The maximum Gasteiger partial charge on any atom is 0.0470 e. The van der Waals surface area contributed by atoms with E-state index in [9.17, 15) is 0 Å². The predicted octanol–water partition coefficient (Wildman–Crippen LogP) is 2.95. The topological polar surface area (TPSA) is 29.3 Å². The lowest BCUT2D eigenvalue weighted by atomic mass is 9.92. The summed E-state index contributed by atoms with van der Waals surface area (Å²) in [6.45, 7) is 0.705. The highest BCUT2D eigenvalue weighted by Crippen LogP contribution is 2.28. The number of benzene rings is 1. The van der Waals surface area contributed by atoms with Gasteiger partial charge < -0.3 is 5.73 Å². The van der Waals surface area contributed by atoms with Gasteiger partial charge in [-0.3, -0.25) is 4.90 Å². The van der Waals surface area contributed by atoms with Gasteiger partial charge >= 0.3 is 0 Å². The molecule has 0 aromatic heterocycles. The molecule has 0 radical (unpaired) electrons. The standard InChI is InChI=1S/C15H24N2/c1-17(14-10-6-3-7-11-14)15(12-16)13-8-4-2-5-9-13/h2,4-5,8-9,14-15H,3,6-7,10-12,16H2,1H3. The van der Waals surface area contributed by atoms with Gasteiger partial charge in [0.25, 0.3) is 0 Å². The molecular weight excluding hydrogens is 208 g/mol. The Bertz CT molecular complexity index is 317. The summed E-state index contributed by atoms with van der Waals surface area (Å²) in [5.74, 6) is 0. The van der Waals surface area contributed by atoms with Crippen LogP contribution in [-0.4, -0.2) is 24.5 Å². The Morgan fingerprint density at radius 1 is 1.18 bits per heavy atom.